The van der Waals surface area contributed by atoms with Gasteiger partial charge in [0.15, 0.2) is 0 Å². The molecule has 2 aromatic carbocycles. The Labute approximate surface area is 164 Å². The van der Waals surface area contributed by atoms with Gasteiger partial charge in [-0.15, -0.1) is 0 Å². The van der Waals surface area contributed by atoms with Crippen LogP contribution in [0.4, 0.5) is 4.39 Å². The zero-order valence-corrected chi connectivity index (χ0v) is 16.5. The van der Waals surface area contributed by atoms with Gasteiger partial charge in [-0.1, -0.05) is 12.1 Å². The number of morpholine rings is 1. The number of halogens is 1. The van der Waals surface area contributed by atoms with Gasteiger partial charge >= 0.3 is 0 Å². The van der Waals surface area contributed by atoms with Crippen molar-refractivity contribution in [2.75, 3.05) is 32.8 Å². The minimum Gasteiger partial charge on any atom is -0.379 e. The molecule has 1 saturated heterocycles. The highest BCUT2D eigenvalue weighted by Gasteiger charge is 2.26. The van der Waals surface area contributed by atoms with Crippen LogP contribution in [0, 0.1) is 5.82 Å². The largest absolute Gasteiger partial charge is 0.379 e. The van der Waals surface area contributed by atoms with Gasteiger partial charge in [0.05, 0.1) is 18.1 Å². The summed E-state index contributed by atoms with van der Waals surface area (Å²) >= 11 is 0. The number of hydrogen-bond acceptors (Lipinski definition) is 4. The first-order chi connectivity index (χ1) is 13.4. The number of carbonyl (C=O) groups excluding carboxylic acids is 1. The molecule has 1 heterocycles. The molecule has 2 aromatic rings. The van der Waals surface area contributed by atoms with Gasteiger partial charge in [-0.05, 0) is 48.9 Å². The molecule has 1 amide bonds. The van der Waals surface area contributed by atoms with Crippen LogP contribution in [0.2, 0.25) is 0 Å². The van der Waals surface area contributed by atoms with Gasteiger partial charge < -0.3 is 9.64 Å². The van der Waals surface area contributed by atoms with Crippen molar-refractivity contribution in [2.45, 2.75) is 18.4 Å². The third-order valence-electron chi connectivity index (χ3n) is 4.64. The van der Waals surface area contributed by atoms with E-state index in [9.17, 15) is 17.6 Å². The van der Waals surface area contributed by atoms with Crippen molar-refractivity contribution < 1.29 is 22.3 Å². The second-order valence-electron chi connectivity index (χ2n) is 6.49. The molecule has 8 heteroatoms. The maximum atomic E-state index is 13.4. The van der Waals surface area contributed by atoms with Gasteiger partial charge in [0.25, 0.3) is 5.91 Å². The highest BCUT2D eigenvalue weighted by Crippen LogP contribution is 2.19. The van der Waals surface area contributed by atoms with Crippen molar-refractivity contribution in [3.8, 4) is 0 Å². The number of carbonyl (C=O) groups is 1. The van der Waals surface area contributed by atoms with E-state index in [2.05, 4.69) is 0 Å². The summed E-state index contributed by atoms with van der Waals surface area (Å²) in [6.45, 7) is 3.96. The molecule has 1 aliphatic heterocycles. The fraction of sp³-hybridized carbons (Fsp3) is 0.350. The molecule has 1 aliphatic rings. The number of nitrogens with zero attached hydrogens (tertiary/aromatic N) is 2. The maximum Gasteiger partial charge on any atom is 0.254 e. The van der Waals surface area contributed by atoms with E-state index in [0.717, 1.165) is 0 Å². The molecule has 0 N–H and O–H groups in total. The number of benzene rings is 2. The molecule has 6 nitrogen and oxygen atoms in total. The summed E-state index contributed by atoms with van der Waals surface area (Å²) in [5, 5.41) is 0. The summed E-state index contributed by atoms with van der Waals surface area (Å²) in [6, 6.07) is 12.1. The van der Waals surface area contributed by atoms with Crippen LogP contribution in [0.15, 0.2) is 53.4 Å². The van der Waals surface area contributed by atoms with Crippen molar-refractivity contribution in [2.24, 2.45) is 0 Å². The average Bonchev–Trinajstić information content (AvgIpc) is 2.72. The lowest BCUT2D eigenvalue weighted by molar-refractivity contribution is 0.0730. The van der Waals surface area contributed by atoms with Crippen molar-refractivity contribution in [3.63, 3.8) is 0 Å². The summed E-state index contributed by atoms with van der Waals surface area (Å²) in [7, 11) is -3.60. The van der Waals surface area contributed by atoms with E-state index >= 15 is 0 Å². The Morgan fingerprint density at radius 2 is 1.82 bits per heavy atom. The molecule has 0 spiro atoms. The molecule has 0 unspecified atom stereocenters. The molecule has 0 bridgehead atoms. The maximum absolute atomic E-state index is 13.4. The first kappa shape index (κ1) is 20.4. The van der Waals surface area contributed by atoms with E-state index < -0.39 is 10.0 Å². The highest BCUT2D eigenvalue weighted by atomic mass is 32.2. The first-order valence-electron chi connectivity index (χ1n) is 9.13. The van der Waals surface area contributed by atoms with Crippen LogP contribution in [-0.2, 0) is 21.3 Å². The monoisotopic (exact) mass is 406 g/mol. The van der Waals surface area contributed by atoms with Crippen LogP contribution in [0.25, 0.3) is 0 Å². The van der Waals surface area contributed by atoms with E-state index in [1.807, 2.05) is 6.92 Å². The Morgan fingerprint density at radius 3 is 2.43 bits per heavy atom. The lowest BCUT2D eigenvalue weighted by atomic mass is 10.1. The van der Waals surface area contributed by atoms with Gasteiger partial charge in [-0.25, -0.2) is 12.8 Å². The molecule has 0 atom stereocenters. The number of amides is 1. The standard InChI is InChI=1S/C20H23FN2O4S/c1-2-22(15-16-4-3-5-18(21)14-16)20(24)17-6-8-19(9-7-17)28(25,26)23-10-12-27-13-11-23/h3-9,14H,2,10-13,15H2,1H3. The summed E-state index contributed by atoms with van der Waals surface area (Å²) in [6.07, 6.45) is 0. The number of rotatable bonds is 6. The number of ether oxygens (including phenoxy) is 1. The predicted octanol–water partition coefficient (Wildman–Crippen LogP) is 2.51. The first-order valence-corrected chi connectivity index (χ1v) is 10.6. The lowest BCUT2D eigenvalue weighted by Crippen LogP contribution is -2.40. The van der Waals surface area contributed by atoms with Gasteiger partial charge in [-0.3, -0.25) is 4.79 Å². The SMILES string of the molecule is CCN(Cc1cccc(F)c1)C(=O)c1ccc(S(=O)(=O)N2CCOCC2)cc1. The smallest absolute Gasteiger partial charge is 0.254 e. The minimum absolute atomic E-state index is 0.152. The second-order valence-corrected chi connectivity index (χ2v) is 8.43. The van der Waals surface area contributed by atoms with Crippen LogP contribution >= 0.6 is 0 Å². The van der Waals surface area contributed by atoms with Crippen molar-refractivity contribution in [1.29, 1.82) is 0 Å². The Balaban J connectivity index is 1.75. The van der Waals surface area contributed by atoms with Crippen LogP contribution in [0.3, 0.4) is 0 Å². The molecule has 28 heavy (non-hydrogen) atoms. The van der Waals surface area contributed by atoms with E-state index in [-0.39, 0.29) is 23.2 Å². The Morgan fingerprint density at radius 1 is 1.14 bits per heavy atom. The molecule has 1 fully saturated rings. The van der Waals surface area contributed by atoms with Gasteiger partial charge in [0.2, 0.25) is 10.0 Å². The Hall–Kier alpha value is -2.29. The van der Waals surface area contributed by atoms with Crippen molar-refractivity contribution in [3.05, 3.63) is 65.5 Å². The number of sulfonamides is 1. The minimum atomic E-state index is -3.60. The average molecular weight is 406 g/mol. The van der Waals surface area contributed by atoms with Gasteiger partial charge in [0.1, 0.15) is 5.82 Å². The third-order valence-corrected chi connectivity index (χ3v) is 6.55. The normalized spacial score (nSPS) is 15.4. The highest BCUT2D eigenvalue weighted by molar-refractivity contribution is 7.89. The van der Waals surface area contributed by atoms with E-state index in [1.54, 1.807) is 17.0 Å². The topological polar surface area (TPSA) is 66.9 Å². The number of hydrogen-bond donors (Lipinski definition) is 0. The van der Waals surface area contributed by atoms with E-state index in [4.69, 9.17) is 4.74 Å². The Bertz CT molecular complexity index is 925. The summed E-state index contributed by atoms with van der Waals surface area (Å²) in [4.78, 5) is 14.5. The molecular weight excluding hydrogens is 383 g/mol. The molecular formula is C20H23FN2O4S. The Kier molecular flexibility index (Phi) is 6.43. The third kappa shape index (κ3) is 4.57. The van der Waals surface area contributed by atoms with Crippen molar-refractivity contribution >= 4 is 15.9 Å². The van der Waals surface area contributed by atoms with Crippen LogP contribution in [0.5, 0.6) is 0 Å². The second kappa shape index (κ2) is 8.81. The quantitative estimate of drug-likeness (QED) is 0.739. The lowest BCUT2D eigenvalue weighted by Gasteiger charge is -2.26. The fourth-order valence-corrected chi connectivity index (χ4v) is 4.48. The summed E-state index contributed by atoms with van der Waals surface area (Å²) in [5.41, 5.74) is 1.08. The molecule has 3 rings (SSSR count). The molecule has 150 valence electrons. The van der Waals surface area contributed by atoms with E-state index in [1.165, 1.54) is 40.7 Å². The molecule has 0 aliphatic carbocycles. The van der Waals surface area contributed by atoms with Gasteiger partial charge in [-0.2, -0.15) is 4.31 Å². The van der Waals surface area contributed by atoms with Crippen molar-refractivity contribution in [1.82, 2.24) is 9.21 Å². The zero-order chi connectivity index (χ0) is 20.1. The molecule has 0 aromatic heterocycles. The van der Waals surface area contributed by atoms with Crippen LogP contribution < -0.4 is 0 Å². The molecule has 0 saturated carbocycles. The fourth-order valence-electron chi connectivity index (χ4n) is 3.07. The van der Waals surface area contributed by atoms with Crippen LogP contribution in [0.1, 0.15) is 22.8 Å². The summed E-state index contributed by atoms with van der Waals surface area (Å²) < 4.78 is 45.3. The summed E-state index contributed by atoms with van der Waals surface area (Å²) in [5.74, 6) is -0.583. The van der Waals surface area contributed by atoms with E-state index in [0.29, 0.717) is 44.0 Å². The van der Waals surface area contributed by atoms with Crippen LogP contribution in [-0.4, -0.2) is 56.4 Å². The van der Waals surface area contributed by atoms with Gasteiger partial charge in [0, 0.05) is 31.7 Å². The zero-order valence-electron chi connectivity index (χ0n) is 15.7. The molecule has 0 radical (unpaired) electrons. The predicted molar refractivity (Wildman–Crippen MR) is 103 cm³/mol.